The van der Waals surface area contributed by atoms with Crippen molar-refractivity contribution in [2.24, 2.45) is 0 Å². The Morgan fingerprint density at radius 3 is 2.22 bits per heavy atom. The van der Waals surface area contributed by atoms with E-state index < -0.39 is 0 Å². The molecule has 1 aromatic carbocycles. The van der Waals surface area contributed by atoms with Crippen molar-refractivity contribution in [3.8, 4) is 0 Å². The van der Waals surface area contributed by atoms with Gasteiger partial charge in [0.2, 0.25) is 0 Å². The maximum atomic E-state index is 13.3. The van der Waals surface area contributed by atoms with Crippen molar-refractivity contribution in [1.29, 1.82) is 0 Å². The molecule has 0 aliphatic carbocycles. The first-order valence-electron chi connectivity index (χ1n) is 9.10. The van der Waals surface area contributed by atoms with E-state index in [9.17, 15) is 14.0 Å². The van der Waals surface area contributed by atoms with Crippen LogP contribution in [0.5, 0.6) is 0 Å². The number of benzene rings is 1. The second-order valence-corrected chi connectivity index (χ2v) is 7.73. The molecular weight excluding hydrogens is 365 g/mol. The molecule has 0 bridgehead atoms. The zero-order valence-electron chi connectivity index (χ0n) is 15.9. The molecule has 2 atom stereocenters. The number of carbonyl (C=O) groups is 2. The Morgan fingerprint density at radius 2 is 1.70 bits per heavy atom. The van der Waals surface area contributed by atoms with E-state index in [4.69, 9.17) is 0 Å². The molecule has 2 rings (SSSR count). The monoisotopic (exact) mass is 392 g/mol. The lowest BCUT2D eigenvalue weighted by Crippen LogP contribution is -3.14. The van der Waals surface area contributed by atoms with Crippen LogP contribution >= 0.6 is 11.3 Å². The quantitative estimate of drug-likeness (QED) is 0.606. The summed E-state index contributed by atoms with van der Waals surface area (Å²) in [6.07, 6.45) is 0. The number of hydrogen-bond acceptors (Lipinski definition) is 3. The van der Waals surface area contributed by atoms with Gasteiger partial charge in [0.25, 0.3) is 11.8 Å². The summed E-state index contributed by atoms with van der Waals surface area (Å²) in [6, 6.07) is 9.75. The van der Waals surface area contributed by atoms with Crippen LogP contribution in [0.2, 0.25) is 0 Å². The highest BCUT2D eigenvalue weighted by molar-refractivity contribution is 7.10. The Kier molecular flexibility index (Phi) is 7.94. The molecule has 27 heavy (non-hydrogen) atoms. The van der Waals surface area contributed by atoms with Crippen molar-refractivity contribution >= 4 is 23.2 Å². The van der Waals surface area contributed by atoms with Gasteiger partial charge in [0, 0.05) is 10.9 Å². The van der Waals surface area contributed by atoms with Gasteiger partial charge in [-0.05, 0) is 49.9 Å². The van der Waals surface area contributed by atoms with E-state index in [2.05, 4.69) is 10.6 Å². The van der Waals surface area contributed by atoms with Crippen LogP contribution in [0.1, 0.15) is 37.3 Å². The third-order valence-corrected chi connectivity index (χ3v) is 5.04. The van der Waals surface area contributed by atoms with Gasteiger partial charge >= 0.3 is 0 Å². The Hall–Kier alpha value is -2.25. The molecule has 0 radical (unpaired) electrons. The largest absolute Gasteiger partial charge is 0.349 e. The van der Waals surface area contributed by atoms with Crippen molar-refractivity contribution in [3.05, 3.63) is 58.0 Å². The number of thiophene rings is 1. The van der Waals surface area contributed by atoms with E-state index in [-0.39, 0.29) is 42.8 Å². The zero-order chi connectivity index (χ0) is 19.8. The molecule has 0 aliphatic rings. The van der Waals surface area contributed by atoms with E-state index in [1.54, 1.807) is 12.1 Å². The van der Waals surface area contributed by atoms with E-state index >= 15 is 0 Å². The van der Waals surface area contributed by atoms with Gasteiger partial charge in [0.15, 0.2) is 13.1 Å². The SMILES string of the molecule is CC[NH+](CC(=O)NC(C)C)CC(=O)N[C@H](c1ccc(F)cc1)c1cccs1. The molecule has 5 nitrogen and oxygen atoms in total. The summed E-state index contributed by atoms with van der Waals surface area (Å²) in [5.74, 6) is -0.525. The second kappa shape index (κ2) is 10.2. The number of halogens is 1. The molecule has 3 N–H and O–H groups in total. The lowest BCUT2D eigenvalue weighted by Gasteiger charge is -2.21. The van der Waals surface area contributed by atoms with Gasteiger partial charge in [0.05, 0.1) is 12.6 Å². The highest BCUT2D eigenvalue weighted by Gasteiger charge is 2.22. The summed E-state index contributed by atoms with van der Waals surface area (Å²) in [7, 11) is 0. The third-order valence-electron chi connectivity index (χ3n) is 4.11. The topological polar surface area (TPSA) is 62.6 Å². The van der Waals surface area contributed by atoms with E-state index in [1.165, 1.54) is 23.5 Å². The number of likely N-dealkylation sites (N-methyl/N-ethyl adjacent to an activating group) is 1. The molecule has 1 heterocycles. The molecule has 1 aromatic heterocycles. The minimum atomic E-state index is -0.333. The molecule has 1 unspecified atom stereocenters. The molecule has 2 amide bonds. The van der Waals surface area contributed by atoms with Crippen molar-refractivity contribution in [2.45, 2.75) is 32.9 Å². The fraction of sp³-hybridized carbons (Fsp3) is 0.400. The molecule has 0 aliphatic heterocycles. The fourth-order valence-corrected chi connectivity index (χ4v) is 3.58. The van der Waals surface area contributed by atoms with E-state index in [0.29, 0.717) is 6.54 Å². The number of amides is 2. The first-order valence-corrected chi connectivity index (χ1v) is 9.98. The van der Waals surface area contributed by atoms with Gasteiger partial charge in [0.1, 0.15) is 5.82 Å². The highest BCUT2D eigenvalue weighted by Crippen LogP contribution is 2.26. The van der Waals surface area contributed by atoms with Gasteiger partial charge in [-0.3, -0.25) is 9.59 Å². The Bertz CT molecular complexity index is 732. The molecular formula is C20H27FN3O2S+. The molecule has 0 fully saturated rings. The number of nitrogens with one attached hydrogen (secondary N) is 3. The summed E-state index contributed by atoms with van der Waals surface area (Å²) in [5.41, 5.74) is 0.822. The van der Waals surface area contributed by atoms with Crippen molar-refractivity contribution in [1.82, 2.24) is 10.6 Å². The Morgan fingerprint density at radius 1 is 1.07 bits per heavy atom. The molecule has 146 valence electrons. The predicted octanol–water partition coefficient (Wildman–Crippen LogP) is 1.52. The van der Waals surface area contributed by atoms with Gasteiger partial charge in [-0.25, -0.2) is 4.39 Å². The maximum absolute atomic E-state index is 13.3. The average Bonchev–Trinajstić information content (AvgIpc) is 3.13. The van der Waals surface area contributed by atoms with E-state index in [0.717, 1.165) is 15.3 Å². The minimum absolute atomic E-state index is 0.0667. The third kappa shape index (κ3) is 6.77. The lowest BCUT2D eigenvalue weighted by molar-refractivity contribution is -0.881. The smallest absolute Gasteiger partial charge is 0.275 e. The van der Waals surface area contributed by atoms with Crippen LogP contribution in [0.4, 0.5) is 4.39 Å². The van der Waals surface area contributed by atoms with Gasteiger partial charge in [-0.15, -0.1) is 11.3 Å². The van der Waals surface area contributed by atoms with Crippen LogP contribution in [0.3, 0.4) is 0 Å². The second-order valence-electron chi connectivity index (χ2n) is 6.75. The molecule has 0 saturated carbocycles. The first kappa shape index (κ1) is 21.1. The van der Waals surface area contributed by atoms with Crippen LogP contribution in [0.15, 0.2) is 41.8 Å². The predicted molar refractivity (Wildman–Crippen MR) is 105 cm³/mol. The van der Waals surface area contributed by atoms with Crippen molar-refractivity contribution < 1.29 is 18.9 Å². The fourth-order valence-electron chi connectivity index (χ4n) is 2.78. The number of rotatable bonds is 9. The highest BCUT2D eigenvalue weighted by atomic mass is 32.1. The number of quaternary nitrogens is 1. The van der Waals surface area contributed by atoms with Crippen LogP contribution in [-0.4, -0.2) is 37.5 Å². The Balaban J connectivity index is 2.04. The van der Waals surface area contributed by atoms with E-state index in [1.807, 2.05) is 38.3 Å². The Labute approximate surface area is 163 Å². The van der Waals surface area contributed by atoms with Crippen LogP contribution in [0.25, 0.3) is 0 Å². The van der Waals surface area contributed by atoms with Gasteiger partial charge < -0.3 is 15.5 Å². The van der Waals surface area contributed by atoms with Crippen molar-refractivity contribution in [2.75, 3.05) is 19.6 Å². The zero-order valence-corrected chi connectivity index (χ0v) is 16.7. The normalized spacial score (nSPS) is 13.2. The molecule has 0 saturated heterocycles. The number of carbonyl (C=O) groups excluding carboxylic acids is 2. The molecule has 7 heteroatoms. The number of hydrogen-bond donors (Lipinski definition) is 3. The molecule has 2 aromatic rings. The summed E-state index contributed by atoms with van der Waals surface area (Å²) in [5, 5.41) is 7.82. The maximum Gasteiger partial charge on any atom is 0.275 e. The standard InChI is InChI=1S/C20H26FN3O2S/c1-4-24(12-18(25)22-14(2)3)13-19(26)23-20(17-6-5-11-27-17)15-7-9-16(21)10-8-15/h5-11,14,20H,4,12-13H2,1-3H3,(H,22,25)(H,23,26)/p+1/t20-/m1/s1. The average molecular weight is 393 g/mol. The summed E-state index contributed by atoms with van der Waals surface area (Å²) in [4.78, 5) is 26.5. The lowest BCUT2D eigenvalue weighted by atomic mass is 10.1. The van der Waals surface area contributed by atoms with Gasteiger partial charge in [-0.2, -0.15) is 0 Å². The molecule has 0 spiro atoms. The van der Waals surface area contributed by atoms with Crippen LogP contribution in [0, 0.1) is 5.82 Å². The van der Waals surface area contributed by atoms with Crippen LogP contribution < -0.4 is 15.5 Å². The van der Waals surface area contributed by atoms with Crippen molar-refractivity contribution in [3.63, 3.8) is 0 Å². The summed E-state index contributed by atoms with van der Waals surface area (Å²) >= 11 is 1.53. The first-order chi connectivity index (χ1) is 12.9. The van der Waals surface area contributed by atoms with Gasteiger partial charge in [-0.1, -0.05) is 18.2 Å². The summed E-state index contributed by atoms with van der Waals surface area (Å²) < 4.78 is 13.3. The minimum Gasteiger partial charge on any atom is -0.349 e. The van der Waals surface area contributed by atoms with Crippen LogP contribution in [-0.2, 0) is 9.59 Å². The summed E-state index contributed by atoms with van der Waals surface area (Å²) in [6.45, 7) is 6.88.